The van der Waals surface area contributed by atoms with E-state index in [1.807, 2.05) is 19.1 Å². The summed E-state index contributed by atoms with van der Waals surface area (Å²) in [4.78, 5) is 4.45. The van der Waals surface area contributed by atoms with Crippen LogP contribution in [0.4, 0.5) is 0 Å². The van der Waals surface area contributed by atoms with Crippen LogP contribution in [0.3, 0.4) is 0 Å². The summed E-state index contributed by atoms with van der Waals surface area (Å²) in [5.74, 6) is 2.13. The first kappa shape index (κ1) is 16.5. The first-order valence-electron chi connectivity index (χ1n) is 8.41. The standard InChI is InChI=1S/C18H22N4O2/c1-14-21-17(22-24-14)18(9-3-2-4-10-18)20-11-12-23-16-7-5-15(13-19)6-8-16/h5-8,20H,2-4,9-12H2,1H3. The molecule has 1 N–H and O–H groups in total. The number of aryl methyl sites for hydroxylation is 1. The molecule has 1 aromatic heterocycles. The molecule has 1 aromatic carbocycles. The van der Waals surface area contributed by atoms with Crippen molar-refractivity contribution in [2.45, 2.75) is 44.6 Å². The highest BCUT2D eigenvalue weighted by atomic mass is 16.5. The van der Waals surface area contributed by atoms with Crippen LogP contribution < -0.4 is 10.1 Å². The van der Waals surface area contributed by atoms with Crippen molar-refractivity contribution in [1.29, 1.82) is 5.26 Å². The largest absolute Gasteiger partial charge is 0.492 e. The molecule has 0 atom stereocenters. The summed E-state index contributed by atoms with van der Waals surface area (Å²) in [6, 6.07) is 9.25. The van der Waals surface area contributed by atoms with Gasteiger partial charge in [0.25, 0.3) is 0 Å². The van der Waals surface area contributed by atoms with E-state index in [0.717, 1.165) is 37.3 Å². The predicted molar refractivity (Wildman–Crippen MR) is 88.5 cm³/mol. The number of ether oxygens (including phenoxy) is 1. The van der Waals surface area contributed by atoms with E-state index in [2.05, 4.69) is 21.5 Å². The molecule has 0 radical (unpaired) electrons. The summed E-state index contributed by atoms with van der Waals surface area (Å²) in [5, 5.41) is 16.5. The van der Waals surface area contributed by atoms with Crippen LogP contribution >= 0.6 is 0 Å². The second-order valence-electron chi connectivity index (χ2n) is 6.19. The van der Waals surface area contributed by atoms with E-state index in [1.54, 1.807) is 12.1 Å². The van der Waals surface area contributed by atoms with Gasteiger partial charge in [-0.1, -0.05) is 24.4 Å². The Morgan fingerprint density at radius 3 is 2.62 bits per heavy atom. The van der Waals surface area contributed by atoms with Crippen molar-refractivity contribution in [1.82, 2.24) is 15.5 Å². The maximum absolute atomic E-state index is 8.80. The Kier molecular flexibility index (Phi) is 5.11. The van der Waals surface area contributed by atoms with Crippen LogP contribution in [0.1, 0.15) is 49.4 Å². The van der Waals surface area contributed by atoms with E-state index in [-0.39, 0.29) is 5.54 Å². The van der Waals surface area contributed by atoms with Gasteiger partial charge in [0.1, 0.15) is 12.4 Å². The van der Waals surface area contributed by atoms with Crippen molar-refractivity contribution < 1.29 is 9.26 Å². The van der Waals surface area contributed by atoms with E-state index >= 15 is 0 Å². The lowest BCUT2D eigenvalue weighted by molar-refractivity contribution is 0.196. The number of hydrogen-bond donors (Lipinski definition) is 1. The third-order valence-corrected chi connectivity index (χ3v) is 4.48. The van der Waals surface area contributed by atoms with Crippen molar-refractivity contribution in [2.24, 2.45) is 0 Å². The fraction of sp³-hybridized carbons (Fsp3) is 0.500. The second kappa shape index (κ2) is 7.45. The number of nitriles is 1. The van der Waals surface area contributed by atoms with Crippen molar-refractivity contribution >= 4 is 0 Å². The highest BCUT2D eigenvalue weighted by Crippen LogP contribution is 2.35. The molecule has 6 heteroatoms. The monoisotopic (exact) mass is 326 g/mol. The van der Waals surface area contributed by atoms with Crippen LogP contribution in [-0.4, -0.2) is 23.3 Å². The van der Waals surface area contributed by atoms with Gasteiger partial charge in [-0.25, -0.2) is 0 Å². The van der Waals surface area contributed by atoms with Crippen LogP contribution in [0.15, 0.2) is 28.8 Å². The van der Waals surface area contributed by atoms with E-state index in [4.69, 9.17) is 14.5 Å². The molecule has 0 aliphatic heterocycles. The van der Waals surface area contributed by atoms with Gasteiger partial charge in [-0.05, 0) is 37.1 Å². The zero-order chi connectivity index (χ0) is 16.8. The molecule has 0 bridgehead atoms. The molecule has 0 saturated heterocycles. The molecule has 1 saturated carbocycles. The molecule has 1 aliphatic rings. The fourth-order valence-electron chi connectivity index (χ4n) is 3.21. The maximum atomic E-state index is 8.80. The summed E-state index contributed by atoms with van der Waals surface area (Å²) in [7, 11) is 0. The molecule has 0 unspecified atom stereocenters. The molecule has 2 aromatic rings. The molecule has 6 nitrogen and oxygen atoms in total. The lowest BCUT2D eigenvalue weighted by Gasteiger charge is -2.35. The van der Waals surface area contributed by atoms with Crippen molar-refractivity contribution in [3.63, 3.8) is 0 Å². The minimum absolute atomic E-state index is 0.204. The van der Waals surface area contributed by atoms with Crippen LogP contribution in [0.2, 0.25) is 0 Å². The maximum Gasteiger partial charge on any atom is 0.223 e. The smallest absolute Gasteiger partial charge is 0.223 e. The van der Waals surface area contributed by atoms with Crippen LogP contribution in [0, 0.1) is 18.3 Å². The quantitative estimate of drug-likeness (QED) is 0.821. The normalized spacial score (nSPS) is 16.5. The molecule has 1 heterocycles. The topological polar surface area (TPSA) is 84.0 Å². The van der Waals surface area contributed by atoms with Crippen molar-refractivity contribution in [2.75, 3.05) is 13.2 Å². The number of benzene rings is 1. The van der Waals surface area contributed by atoms with Gasteiger partial charge in [0.05, 0.1) is 17.2 Å². The highest BCUT2D eigenvalue weighted by molar-refractivity contribution is 5.34. The zero-order valence-corrected chi connectivity index (χ0v) is 13.9. The minimum atomic E-state index is -0.204. The SMILES string of the molecule is Cc1nc(C2(NCCOc3ccc(C#N)cc3)CCCCC2)no1. The third kappa shape index (κ3) is 3.74. The van der Waals surface area contributed by atoms with E-state index in [1.165, 1.54) is 6.42 Å². The van der Waals surface area contributed by atoms with Crippen LogP contribution in [0.25, 0.3) is 0 Å². The lowest BCUT2D eigenvalue weighted by Crippen LogP contribution is -2.46. The molecule has 0 amide bonds. The van der Waals surface area contributed by atoms with E-state index in [0.29, 0.717) is 24.6 Å². The lowest BCUT2D eigenvalue weighted by atomic mass is 9.81. The molecule has 3 rings (SSSR count). The molecule has 24 heavy (non-hydrogen) atoms. The van der Waals surface area contributed by atoms with E-state index in [9.17, 15) is 0 Å². The van der Waals surface area contributed by atoms with Gasteiger partial charge in [0.2, 0.25) is 5.89 Å². The number of hydrogen-bond acceptors (Lipinski definition) is 6. The van der Waals surface area contributed by atoms with Crippen LogP contribution in [0.5, 0.6) is 5.75 Å². The number of nitrogens with zero attached hydrogens (tertiary/aromatic N) is 3. The van der Waals surface area contributed by atoms with Gasteiger partial charge >= 0.3 is 0 Å². The van der Waals surface area contributed by atoms with Gasteiger partial charge in [-0.2, -0.15) is 10.2 Å². The number of aromatic nitrogens is 2. The summed E-state index contributed by atoms with van der Waals surface area (Å²) >= 11 is 0. The fourth-order valence-corrected chi connectivity index (χ4v) is 3.21. The molecule has 1 aliphatic carbocycles. The van der Waals surface area contributed by atoms with Crippen molar-refractivity contribution in [3.8, 4) is 11.8 Å². The van der Waals surface area contributed by atoms with Gasteiger partial charge in [0, 0.05) is 13.5 Å². The van der Waals surface area contributed by atoms with Gasteiger partial charge < -0.3 is 14.6 Å². The molecule has 0 spiro atoms. The first-order chi connectivity index (χ1) is 11.7. The minimum Gasteiger partial charge on any atom is -0.492 e. The van der Waals surface area contributed by atoms with Crippen LogP contribution in [-0.2, 0) is 5.54 Å². The molecular weight excluding hydrogens is 304 g/mol. The van der Waals surface area contributed by atoms with Crippen molar-refractivity contribution in [3.05, 3.63) is 41.5 Å². The number of nitrogens with one attached hydrogen (secondary N) is 1. The number of rotatable bonds is 6. The Hall–Kier alpha value is -2.39. The van der Waals surface area contributed by atoms with E-state index < -0.39 is 0 Å². The first-order valence-corrected chi connectivity index (χ1v) is 8.41. The summed E-state index contributed by atoms with van der Waals surface area (Å²) in [6.07, 6.45) is 5.61. The molecule has 1 fully saturated rings. The average molecular weight is 326 g/mol. The highest BCUT2D eigenvalue weighted by Gasteiger charge is 2.37. The Morgan fingerprint density at radius 2 is 2.00 bits per heavy atom. The third-order valence-electron chi connectivity index (χ3n) is 4.48. The predicted octanol–water partition coefficient (Wildman–Crippen LogP) is 3.08. The Labute approximate surface area is 141 Å². The van der Waals surface area contributed by atoms with Gasteiger partial charge in [-0.3, -0.25) is 0 Å². The summed E-state index contributed by atoms with van der Waals surface area (Å²) < 4.78 is 10.9. The molecule has 126 valence electrons. The Morgan fingerprint density at radius 1 is 1.25 bits per heavy atom. The van der Waals surface area contributed by atoms with Gasteiger partial charge in [-0.15, -0.1) is 0 Å². The summed E-state index contributed by atoms with van der Waals surface area (Å²) in [5.41, 5.74) is 0.429. The zero-order valence-electron chi connectivity index (χ0n) is 13.9. The average Bonchev–Trinajstić information content (AvgIpc) is 3.07. The Balaban J connectivity index is 1.57. The second-order valence-corrected chi connectivity index (χ2v) is 6.19. The summed E-state index contributed by atoms with van der Waals surface area (Å²) in [6.45, 7) is 3.07. The Bertz CT molecular complexity index is 697. The van der Waals surface area contributed by atoms with Gasteiger partial charge in [0.15, 0.2) is 5.82 Å². The molecular formula is C18H22N4O2.